The lowest BCUT2D eigenvalue weighted by Gasteiger charge is -2.18. The van der Waals surface area contributed by atoms with E-state index < -0.39 is 22.2 Å². The Kier molecular flexibility index (Phi) is 3.57. The summed E-state index contributed by atoms with van der Waals surface area (Å²) in [7, 11) is -3.75. The number of β-amino-alcohol motifs (C(OH)–C–C–N with tert-alkyl or cyclic N) is 2. The van der Waals surface area contributed by atoms with Gasteiger partial charge in [0.2, 0.25) is 10.0 Å². The Morgan fingerprint density at radius 3 is 2.26 bits per heavy atom. The minimum atomic E-state index is -3.75. The van der Waals surface area contributed by atoms with Crippen molar-refractivity contribution in [3.8, 4) is 0 Å². The molecule has 0 saturated carbocycles. The van der Waals surface area contributed by atoms with Crippen LogP contribution < -0.4 is 5.73 Å². The second-order valence-corrected chi connectivity index (χ2v) is 6.82. The van der Waals surface area contributed by atoms with Crippen LogP contribution in [0, 0.1) is 13.8 Å². The van der Waals surface area contributed by atoms with E-state index in [1.807, 2.05) is 0 Å². The summed E-state index contributed by atoms with van der Waals surface area (Å²) in [6, 6.07) is 3.12. The van der Waals surface area contributed by atoms with E-state index in [0.29, 0.717) is 11.3 Å². The molecule has 1 heterocycles. The Morgan fingerprint density at radius 2 is 1.74 bits per heavy atom. The SMILES string of the molecule is Cc1cc(N)cc(S(=O)(=O)N2CC(O)C(O)C2)c1C. The zero-order valence-corrected chi connectivity index (χ0v) is 11.7. The lowest BCUT2D eigenvalue weighted by atomic mass is 10.1. The fraction of sp³-hybridized carbons (Fsp3) is 0.500. The number of nitrogens with two attached hydrogens (primary N) is 1. The van der Waals surface area contributed by atoms with Crippen LogP contribution >= 0.6 is 0 Å². The molecule has 7 heteroatoms. The van der Waals surface area contributed by atoms with Crippen molar-refractivity contribution < 1.29 is 18.6 Å². The molecule has 106 valence electrons. The molecular weight excluding hydrogens is 268 g/mol. The van der Waals surface area contributed by atoms with Crippen LogP contribution in [-0.4, -0.2) is 48.2 Å². The third kappa shape index (κ3) is 2.46. The molecule has 19 heavy (non-hydrogen) atoms. The largest absolute Gasteiger partial charge is 0.399 e. The van der Waals surface area contributed by atoms with E-state index in [1.54, 1.807) is 19.9 Å². The molecule has 2 atom stereocenters. The summed E-state index contributed by atoms with van der Waals surface area (Å²) in [4.78, 5) is 0.131. The Labute approximate surface area is 112 Å². The first kappa shape index (κ1) is 14.3. The minimum Gasteiger partial charge on any atom is -0.399 e. The highest BCUT2D eigenvalue weighted by Crippen LogP contribution is 2.27. The van der Waals surface area contributed by atoms with Crippen LogP contribution in [0.15, 0.2) is 17.0 Å². The first-order chi connectivity index (χ1) is 8.73. The lowest BCUT2D eigenvalue weighted by molar-refractivity contribution is 0.0572. The number of nitrogen functional groups attached to an aromatic ring is 1. The first-order valence-electron chi connectivity index (χ1n) is 5.96. The highest BCUT2D eigenvalue weighted by atomic mass is 32.2. The van der Waals surface area contributed by atoms with Gasteiger partial charge in [-0.25, -0.2) is 8.42 Å². The second-order valence-electron chi connectivity index (χ2n) is 4.92. The molecule has 0 spiro atoms. The van der Waals surface area contributed by atoms with Crippen LogP contribution in [0.3, 0.4) is 0 Å². The van der Waals surface area contributed by atoms with Crippen molar-refractivity contribution in [2.75, 3.05) is 18.8 Å². The third-order valence-electron chi connectivity index (χ3n) is 3.49. The van der Waals surface area contributed by atoms with Gasteiger partial charge in [0.05, 0.1) is 17.1 Å². The third-order valence-corrected chi connectivity index (χ3v) is 5.44. The van der Waals surface area contributed by atoms with Crippen LogP contribution in [-0.2, 0) is 10.0 Å². The molecule has 0 radical (unpaired) electrons. The molecule has 2 rings (SSSR count). The highest BCUT2D eigenvalue weighted by molar-refractivity contribution is 7.89. The van der Waals surface area contributed by atoms with Gasteiger partial charge in [-0.3, -0.25) is 0 Å². The predicted octanol–water partition coefficient (Wildman–Crippen LogP) is -0.388. The van der Waals surface area contributed by atoms with Crippen molar-refractivity contribution in [3.63, 3.8) is 0 Å². The first-order valence-corrected chi connectivity index (χ1v) is 7.40. The molecule has 1 aliphatic heterocycles. The molecule has 0 amide bonds. The van der Waals surface area contributed by atoms with Gasteiger partial charge < -0.3 is 15.9 Å². The van der Waals surface area contributed by atoms with Gasteiger partial charge in [0.1, 0.15) is 0 Å². The fourth-order valence-corrected chi connectivity index (χ4v) is 4.00. The van der Waals surface area contributed by atoms with Gasteiger partial charge in [0, 0.05) is 18.8 Å². The molecule has 1 aromatic rings. The van der Waals surface area contributed by atoms with Gasteiger partial charge in [0.15, 0.2) is 0 Å². The summed E-state index contributed by atoms with van der Waals surface area (Å²) in [5.41, 5.74) is 7.49. The Morgan fingerprint density at radius 1 is 1.21 bits per heavy atom. The zero-order chi connectivity index (χ0) is 14.4. The molecule has 0 aliphatic carbocycles. The van der Waals surface area contributed by atoms with Crippen LogP contribution in [0.2, 0.25) is 0 Å². The van der Waals surface area contributed by atoms with Crippen LogP contribution in [0.25, 0.3) is 0 Å². The number of aliphatic hydroxyl groups excluding tert-OH is 2. The van der Waals surface area contributed by atoms with Crippen molar-refractivity contribution in [2.45, 2.75) is 31.0 Å². The highest BCUT2D eigenvalue weighted by Gasteiger charge is 2.38. The monoisotopic (exact) mass is 286 g/mol. The van der Waals surface area contributed by atoms with Crippen molar-refractivity contribution in [1.82, 2.24) is 4.31 Å². The summed E-state index contributed by atoms with van der Waals surface area (Å²) in [5.74, 6) is 0. The van der Waals surface area contributed by atoms with E-state index in [1.165, 1.54) is 6.07 Å². The average Bonchev–Trinajstić information content (AvgIpc) is 2.65. The molecule has 1 aromatic carbocycles. The van der Waals surface area contributed by atoms with Crippen LogP contribution in [0.1, 0.15) is 11.1 Å². The fourth-order valence-electron chi connectivity index (χ4n) is 2.19. The van der Waals surface area contributed by atoms with Crippen molar-refractivity contribution in [2.24, 2.45) is 0 Å². The van der Waals surface area contributed by atoms with Gasteiger partial charge in [-0.1, -0.05) is 0 Å². The number of hydrogen-bond donors (Lipinski definition) is 3. The molecular formula is C12H18N2O4S. The topological polar surface area (TPSA) is 104 Å². The number of sulfonamides is 1. The van der Waals surface area contributed by atoms with Gasteiger partial charge in [-0.2, -0.15) is 4.31 Å². The lowest BCUT2D eigenvalue weighted by Crippen LogP contribution is -2.30. The normalized spacial score (nSPS) is 24.8. The number of nitrogens with zero attached hydrogens (tertiary/aromatic N) is 1. The zero-order valence-electron chi connectivity index (χ0n) is 10.9. The summed E-state index contributed by atoms with van der Waals surface area (Å²) >= 11 is 0. The number of anilines is 1. The number of hydrogen-bond acceptors (Lipinski definition) is 5. The van der Waals surface area contributed by atoms with Crippen molar-refractivity contribution in [3.05, 3.63) is 23.3 Å². The summed E-state index contributed by atoms with van der Waals surface area (Å²) in [6.45, 7) is 3.30. The number of aryl methyl sites for hydroxylation is 1. The van der Waals surface area contributed by atoms with E-state index in [4.69, 9.17) is 5.73 Å². The molecule has 2 unspecified atom stereocenters. The molecule has 1 saturated heterocycles. The smallest absolute Gasteiger partial charge is 0.243 e. The number of rotatable bonds is 2. The van der Waals surface area contributed by atoms with Gasteiger partial charge in [-0.05, 0) is 37.1 Å². The Balaban J connectivity index is 2.46. The quantitative estimate of drug-likeness (QED) is 0.642. The Bertz CT molecular complexity index is 590. The summed E-state index contributed by atoms with van der Waals surface area (Å²) < 4.78 is 26.1. The maximum absolute atomic E-state index is 12.5. The van der Waals surface area contributed by atoms with E-state index in [9.17, 15) is 18.6 Å². The van der Waals surface area contributed by atoms with Gasteiger partial charge >= 0.3 is 0 Å². The second kappa shape index (κ2) is 4.75. The maximum atomic E-state index is 12.5. The number of aliphatic hydroxyl groups is 2. The van der Waals surface area contributed by atoms with Crippen LogP contribution in [0.5, 0.6) is 0 Å². The van der Waals surface area contributed by atoms with Gasteiger partial charge in [0.25, 0.3) is 0 Å². The minimum absolute atomic E-state index is 0.100. The standard InChI is InChI=1S/C12H18N2O4S/c1-7-3-9(13)4-12(8(7)2)19(17,18)14-5-10(15)11(16)6-14/h3-4,10-11,15-16H,5-6,13H2,1-2H3. The molecule has 6 nitrogen and oxygen atoms in total. The molecule has 0 bridgehead atoms. The summed E-state index contributed by atoms with van der Waals surface area (Å²) in [5, 5.41) is 19.0. The number of benzene rings is 1. The van der Waals surface area contributed by atoms with E-state index in [2.05, 4.69) is 0 Å². The van der Waals surface area contributed by atoms with Gasteiger partial charge in [-0.15, -0.1) is 0 Å². The average molecular weight is 286 g/mol. The van der Waals surface area contributed by atoms with Crippen LogP contribution in [0.4, 0.5) is 5.69 Å². The van der Waals surface area contributed by atoms with E-state index in [0.717, 1.165) is 9.87 Å². The molecule has 4 N–H and O–H groups in total. The van der Waals surface area contributed by atoms with Crippen molar-refractivity contribution >= 4 is 15.7 Å². The molecule has 0 aromatic heterocycles. The van der Waals surface area contributed by atoms with Crippen molar-refractivity contribution in [1.29, 1.82) is 0 Å². The Hall–Kier alpha value is -1.15. The molecule has 1 fully saturated rings. The summed E-state index contributed by atoms with van der Waals surface area (Å²) in [6.07, 6.45) is -2.09. The van der Waals surface area contributed by atoms with E-state index >= 15 is 0 Å². The maximum Gasteiger partial charge on any atom is 0.243 e. The van der Waals surface area contributed by atoms with E-state index in [-0.39, 0.29) is 18.0 Å². The molecule has 1 aliphatic rings. The predicted molar refractivity (Wildman–Crippen MR) is 71.1 cm³/mol.